The van der Waals surface area contributed by atoms with Crippen LogP contribution in [0.3, 0.4) is 0 Å². The highest BCUT2D eigenvalue weighted by Crippen LogP contribution is 2.23. The lowest BCUT2D eigenvalue weighted by Crippen LogP contribution is -1.98. The number of thioether (sulfide) groups is 1. The van der Waals surface area contributed by atoms with E-state index in [9.17, 15) is 10.1 Å². The summed E-state index contributed by atoms with van der Waals surface area (Å²) in [4.78, 5) is 14.5. The molecule has 0 saturated carbocycles. The maximum Gasteiger partial charge on any atom is 0.269 e. The van der Waals surface area contributed by atoms with Crippen molar-refractivity contribution in [3.63, 3.8) is 0 Å². The van der Waals surface area contributed by atoms with E-state index in [1.807, 2.05) is 12.3 Å². The molecule has 0 atom stereocenters. The number of nitrogens with zero attached hydrogens (tertiary/aromatic N) is 2. The fourth-order valence-electron chi connectivity index (χ4n) is 1.47. The fraction of sp³-hybridized carbons (Fsp3) is 0.308. The van der Waals surface area contributed by atoms with E-state index in [1.54, 1.807) is 35.2 Å². The highest BCUT2D eigenvalue weighted by molar-refractivity contribution is 8.00. The first-order valence-electron chi connectivity index (χ1n) is 6.07. The summed E-state index contributed by atoms with van der Waals surface area (Å²) in [5, 5.41) is 12.5. The summed E-state index contributed by atoms with van der Waals surface area (Å²) in [7, 11) is 0. The minimum Gasteiger partial charge on any atom is -0.494 e. The van der Waals surface area contributed by atoms with Crippen molar-refractivity contribution in [3.8, 4) is 5.75 Å². The van der Waals surface area contributed by atoms with E-state index in [1.165, 1.54) is 12.1 Å². The van der Waals surface area contributed by atoms with Crippen LogP contribution in [0.1, 0.15) is 12.1 Å². The first-order chi connectivity index (χ1) is 9.65. The summed E-state index contributed by atoms with van der Waals surface area (Å²) < 4.78 is 6.61. The van der Waals surface area contributed by atoms with Gasteiger partial charge in [0.05, 0.1) is 11.5 Å². The molecule has 0 N–H and O–H groups in total. The van der Waals surface area contributed by atoms with Gasteiger partial charge in [0, 0.05) is 29.0 Å². The minimum absolute atomic E-state index is 0.0760. The summed E-state index contributed by atoms with van der Waals surface area (Å²) in [6.07, 6.45) is 0.903. The van der Waals surface area contributed by atoms with Gasteiger partial charge in [-0.1, -0.05) is 11.8 Å². The Kier molecular flexibility index (Phi) is 5.37. The molecular weight excluding hydrogens is 296 g/mol. The van der Waals surface area contributed by atoms with Crippen molar-refractivity contribution in [2.45, 2.75) is 17.7 Å². The number of hydrogen-bond acceptors (Lipinski definition) is 6. The predicted octanol–water partition coefficient (Wildman–Crippen LogP) is 3.92. The number of aromatic nitrogens is 1. The number of nitro groups is 1. The molecule has 0 bridgehead atoms. The zero-order valence-corrected chi connectivity index (χ0v) is 12.6. The van der Waals surface area contributed by atoms with Gasteiger partial charge in [-0.15, -0.1) is 11.3 Å². The topological polar surface area (TPSA) is 65.3 Å². The first kappa shape index (κ1) is 14.8. The van der Waals surface area contributed by atoms with Crippen LogP contribution in [0.15, 0.2) is 34.0 Å². The Bertz CT molecular complexity index is 569. The molecule has 20 heavy (non-hydrogen) atoms. The molecule has 0 amide bonds. The average Bonchev–Trinajstić information content (AvgIpc) is 2.84. The van der Waals surface area contributed by atoms with E-state index >= 15 is 0 Å². The van der Waals surface area contributed by atoms with Crippen molar-refractivity contribution in [1.29, 1.82) is 0 Å². The van der Waals surface area contributed by atoms with Crippen LogP contribution in [0.2, 0.25) is 0 Å². The summed E-state index contributed by atoms with van der Waals surface area (Å²) in [5.74, 6) is 1.60. The number of ether oxygens (including phenoxy) is 1. The molecule has 106 valence electrons. The van der Waals surface area contributed by atoms with Gasteiger partial charge in [0.2, 0.25) is 0 Å². The molecule has 7 heteroatoms. The second-order valence-corrected chi connectivity index (χ2v) is 6.26. The normalized spacial score (nSPS) is 10.4. The summed E-state index contributed by atoms with van der Waals surface area (Å²) in [6.45, 7) is 2.58. The zero-order chi connectivity index (χ0) is 14.4. The van der Waals surface area contributed by atoms with Crippen molar-refractivity contribution in [3.05, 3.63) is 45.5 Å². The summed E-state index contributed by atoms with van der Waals surface area (Å²) in [5.41, 5.74) is 1.13. The number of thiazole rings is 1. The molecule has 2 aromatic rings. The van der Waals surface area contributed by atoms with Gasteiger partial charge in [-0.05, 0) is 25.5 Å². The number of hydrogen-bond donors (Lipinski definition) is 0. The van der Waals surface area contributed by atoms with Crippen molar-refractivity contribution >= 4 is 28.8 Å². The van der Waals surface area contributed by atoms with Gasteiger partial charge in [-0.3, -0.25) is 10.1 Å². The Morgan fingerprint density at radius 2 is 2.15 bits per heavy atom. The van der Waals surface area contributed by atoms with Crippen molar-refractivity contribution < 1.29 is 9.66 Å². The number of aryl methyl sites for hydroxylation is 1. The third-order valence-electron chi connectivity index (χ3n) is 2.43. The molecule has 0 radical (unpaired) electrons. The van der Waals surface area contributed by atoms with Crippen molar-refractivity contribution in [2.75, 3.05) is 12.4 Å². The van der Waals surface area contributed by atoms with Gasteiger partial charge in [-0.2, -0.15) is 0 Å². The van der Waals surface area contributed by atoms with Crippen LogP contribution in [0.4, 0.5) is 5.69 Å². The van der Waals surface area contributed by atoms with Crippen LogP contribution in [0.5, 0.6) is 5.75 Å². The van der Waals surface area contributed by atoms with Crippen LogP contribution in [0, 0.1) is 17.0 Å². The third kappa shape index (κ3) is 4.50. The second kappa shape index (κ2) is 7.25. The third-order valence-corrected chi connectivity index (χ3v) is 4.65. The van der Waals surface area contributed by atoms with E-state index in [2.05, 4.69) is 4.98 Å². The monoisotopic (exact) mass is 310 g/mol. The fourth-order valence-corrected chi connectivity index (χ4v) is 3.30. The van der Waals surface area contributed by atoms with E-state index in [0.29, 0.717) is 12.4 Å². The summed E-state index contributed by atoms with van der Waals surface area (Å²) in [6, 6.07) is 6.13. The molecule has 0 fully saturated rings. The van der Waals surface area contributed by atoms with Crippen LogP contribution in [-0.4, -0.2) is 22.3 Å². The predicted molar refractivity (Wildman–Crippen MR) is 80.8 cm³/mol. The molecule has 0 unspecified atom stereocenters. The van der Waals surface area contributed by atoms with Crippen molar-refractivity contribution in [1.82, 2.24) is 4.98 Å². The largest absolute Gasteiger partial charge is 0.494 e. The number of non-ortho nitro benzene ring substituents is 1. The lowest BCUT2D eigenvalue weighted by Gasteiger charge is -2.04. The molecule has 0 aliphatic rings. The lowest BCUT2D eigenvalue weighted by atomic mass is 10.3. The first-order valence-corrected chi connectivity index (χ1v) is 7.94. The van der Waals surface area contributed by atoms with Crippen LogP contribution >= 0.6 is 23.1 Å². The molecule has 0 aliphatic heterocycles. The molecule has 2 rings (SSSR count). The number of nitro benzene ring substituents is 1. The maximum absolute atomic E-state index is 10.5. The molecule has 1 aromatic carbocycles. The second-order valence-electron chi connectivity index (χ2n) is 4.06. The highest BCUT2D eigenvalue weighted by Gasteiger charge is 2.04. The van der Waals surface area contributed by atoms with Crippen molar-refractivity contribution in [2.24, 2.45) is 0 Å². The van der Waals surface area contributed by atoms with Gasteiger partial charge < -0.3 is 4.74 Å². The number of benzene rings is 1. The van der Waals surface area contributed by atoms with Crippen LogP contribution < -0.4 is 4.74 Å². The Balaban J connectivity index is 1.66. The van der Waals surface area contributed by atoms with Gasteiger partial charge in [0.1, 0.15) is 10.1 Å². The Labute approximate surface area is 125 Å². The highest BCUT2D eigenvalue weighted by atomic mass is 32.2. The molecule has 5 nitrogen and oxygen atoms in total. The van der Waals surface area contributed by atoms with E-state index < -0.39 is 4.92 Å². The smallest absolute Gasteiger partial charge is 0.269 e. The lowest BCUT2D eigenvalue weighted by molar-refractivity contribution is -0.384. The Morgan fingerprint density at radius 3 is 2.75 bits per heavy atom. The van der Waals surface area contributed by atoms with Gasteiger partial charge in [-0.25, -0.2) is 4.98 Å². The molecule has 0 spiro atoms. The molecule has 0 saturated heterocycles. The Hall–Kier alpha value is -1.60. The molecule has 1 aromatic heterocycles. The standard InChI is InChI=1S/C13H14N2O3S2/c1-10-9-20-13(14-10)19-8-2-7-18-12-5-3-11(4-6-12)15(16)17/h3-6,9H,2,7-8H2,1H3. The van der Waals surface area contributed by atoms with E-state index in [4.69, 9.17) is 4.74 Å². The van der Waals surface area contributed by atoms with Gasteiger partial charge in [0.25, 0.3) is 5.69 Å². The van der Waals surface area contributed by atoms with Crippen LogP contribution in [-0.2, 0) is 0 Å². The SMILES string of the molecule is Cc1csc(SCCCOc2ccc([N+](=O)[O-])cc2)n1. The molecule has 0 aliphatic carbocycles. The van der Waals surface area contributed by atoms with Gasteiger partial charge >= 0.3 is 0 Å². The van der Waals surface area contributed by atoms with E-state index in [-0.39, 0.29) is 5.69 Å². The van der Waals surface area contributed by atoms with E-state index in [0.717, 1.165) is 22.2 Å². The molecule has 1 heterocycles. The quantitative estimate of drug-likeness (QED) is 0.335. The van der Waals surface area contributed by atoms with Gasteiger partial charge in [0.15, 0.2) is 0 Å². The summed E-state index contributed by atoms with van der Waals surface area (Å²) >= 11 is 3.38. The minimum atomic E-state index is -0.420. The average molecular weight is 310 g/mol. The van der Waals surface area contributed by atoms with Crippen LogP contribution in [0.25, 0.3) is 0 Å². The molecular formula is C13H14N2O3S2. The maximum atomic E-state index is 10.5. The zero-order valence-electron chi connectivity index (χ0n) is 10.9. The Morgan fingerprint density at radius 1 is 1.40 bits per heavy atom. The number of rotatable bonds is 7.